The van der Waals surface area contributed by atoms with E-state index in [1.54, 1.807) is 0 Å². The van der Waals surface area contributed by atoms with E-state index in [1.165, 1.54) is 12.6 Å². The van der Waals surface area contributed by atoms with Gasteiger partial charge in [0.25, 0.3) is 0 Å². The fourth-order valence-corrected chi connectivity index (χ4v) is 5.30. The largest absolute Gasteiger partial charge is 0.356 e. The van der Waals surface area contributed by atoms with Gasteiger partial charge in [-0.3, -0.25) is 4.79 Å². The lowest BCUT2D eigenvalue weighted by atomic mass is 9.86. The van der Waals surface area contributed by atoms with E-state index in [-0.39, 0.29) is 17.6 Å². The summed E-state index contributed by atoms with van der Waals surface area (Å²) in [4.78, 5) is 33.0. The van der Waals surface area contributed by atoms with Crippen molar-refractivity contribution < 1.29 is 13.2 Å². The van der Waals surface area contributed by atoms with Gasteiger partial charge in [-0.05, 0) is 50.3 Å². The summed E-state index contributed by atoms with van der Waals surface area (Å²) < 4.78 is 22.6. The molecule has 1 amide bonds. The molecule has 0 unspecified atom stereocenters. The molecule has 0 saturated carbocycles. The van der Waals surface area contributed by atoms with Crippen LogP contribution < -0.4 is 10.6 Å². The molecule has 1 atom stereocenters. The van der Waals surface area contributed by atoms with E-state index in [4.69, 9.17) is 0 Å². The molecule has 3 heterocycles. The van der Waals surface area contributed by atoms with Gasteiger partial charge in [0.2, 0.25) is 5.91 Å². The lowest BCUT2D eigenvalue weighted by Gasteiger charge is -2.22. The van der Waals surface area contributed by atoms with Crippen LogP contribution in [0, 0.1) is 12.8 Å². The topological polar surface area (TPSA) is 146 Å². The van der Waals surface area contributed by atoms with Crippen LogP contribution in [0.1, 0.15) is 29.9 Å². The average molecular weight is 482 g/mol. The SMILES string of the molecule is Cc1nc2c(Nc3ncnc4[nH]c5c(c34)C[C@@H](C(=O)NCCCS(C)(=O)=O)CC5)cccc2[nH]1. The second kappa shape index (κ2) is 8.71. The number of hydrogen-bond acceptors (Lipinski definition) is 7. The maximum Gasteiger partial charge on any atom is 0.223 e. The quantitative estimate of drug-likeness (QED) is 0.297. The molecule has 4 aromatic rings. The third-order valence-corrected chi connectivity index (χ3v) is 7.25. The number of nitrogens with one attached hydrogen (secondary N) is 4. The molecule has 34 heavy (non-hydrogen) atoms. The maximum atomic E-state index is 12.8. The predicted molar refractivity (Wildman–Crippen MR) is 131 cm³/mol. The first-order chi connectivity index (χ1) is 16.3. The number of amides is 1. The minimum absolute atomic E-state index is 0.0448. The molecule has 1 aliphatic rings. The van der Waals surface area contributed by atoms with Crippen LogP contribution in [-0.2, 0) is 27.5 Å². The van der Waals surface area contributed by atoms with E-state index in [9.17, 15) is 13.2 Å². The van der Waals surface area contributed by atoms with Crippen molar-refractivity contribution >= 4 is 49.3 Å². The fourth-order valence-electron chi connectivity index (χ4n) is 4.63. The first kappa shape index (κ1) is 22.3. The summed E-state index contributed by atoms with van der Waals surface area (Å²) in [7, 11) is -3.03. The lowest BCUT2D eigenvalue weighted by molar-refractivity contribution is -0.125. The van der Waals surface area contributed by atoms with Crippen molar-refractivity contribution in [2.24, 2.45) is 5.92 Å². The molecular formula is C23H27N7O3S. The summed E-state index contributed by atoms with van der Waals surface area (Å²) in [6, 6.07) is 5.90. The Morgan fingerprint density at radius 2 is 2.09 bits per heavy atom. The smallest absolute Gasteiger partial charge is 0.223 e. The Hall–Kier alpha value is -3.47. The number of imidazole rings is 1. The van der Waals surface area contributed by atoms with Crippen molar-refractivity contribution in [3.8, 4) is 0 Å². The van der Waals surface area contributed by atoms with Gasteiger partial charge < -0.3 is 20.6 Å². The summed E-state index contributed by atoms with van der Waals surface area (Å²) in [6.45, 7) is 2.27. The highest BCUT2D eigenvalue weighted by molar-refractivity contribution is 7.90. The Balaban J connectivity index is 1.39. The van der Waals surface area contributed by atoms with Crippen LogP contribution in [0.2, 0.25) is 0 Å². The normalized spacial score (nSPS) is 16.0. The Labute approximate surface area is 196 Å². The number of nitrogens with zero attached hydrogens (tertiary/aromatic N) is 3. The van der Waals surface area contributed by atoms with Crippen LogP contribution in [0.25, 0.3) is 22.1 Å². The number of aryl methyl sites for hydroxylation is 2. The number of anilines is 2. The number of benzene rings is 1. The number of carbonyl (C=O) groups excluding carboxylic acids is 1. The van der Waals surface area contributed by atoms with Crippen LogP contribution in [0.5, 0.6) is 0 Å². The van der Waals surface area contributed by atoms with Crippen molar-refractivity contribution in [1.29, 1.82) is 0 Å². The maximum absolute atomic E-state index is 12.8. The highest BCUT2D eigenvalue weighted by Crippen LogP contribution is 2.36. The zero-order valence-corrected chi connectivity index (χ0v) is 19.9. The number of aromatic nitrogens is 5. The highest BCUT2D eigenvalue weighted by atomic mass is 32.2. The van der Waals surface area contributed by atoms with E-state index in [1.807, 2.05) is 25.1 Å². The van der Waals surface area contributed by atoms with E-state index in [0.29, 0.717) is 25.2 Å². The predicted octanol–water partition coefficient (Wildman–Crippen LogP) is 2.54. The van der Waals surface area contributed by atoms with Gasteiger partial charge in [-0.2, -0.15) is 0 Å². The molecule has 178 valence electrons. The second-order valence-corrected chi connectivity index (χ2v) is 11.2. The number of para-hydroxylation sites is 1. The monoisotopic (exact) mass is 481 g/mol. The number of carbonyl (C=O) groups is 1. The van der Waals surface area contributed by atoms with Gasteiger partial charge in [0.15, 0.2) is 0 Å². The molecule has 3 aromatic heterocycles. The van der Waals surface area contributed by atoms with Crippen molar-refractivity contribution in [3.05, 3.63) is 41.6 Å². The Bertz CT molecular complexity index is 1490. The van der Waals surface area contributed by atoms with Crippen molar-refractivity contribution in [1.82, 2.24) is 30.2 Å². The molecular weight excluding hydrogens is 454 g/mol. The molecule has 0 fully saturated rings. The number of hydrogen-bond donors (Lipinski definition) is 4. The highest BCUT2D eigenvalue weighted by Gasteiger charge is 2.29. The second-order valence-electron chi connectivity index (χ2n) is 8.89. The summed E-state index contributed by atoms with van der Waals surface area (Å²) >= 11 is 0. The van der Waals surface area contributed by atoms with Gasteiger partial charge in [-0.1, -0.05) is 6.07 Å². The molecule has 0 radical (unpaired) electrons. The molecule has 1 aliphatic carbocycles. The standard InChI is InChI=1S/C23H27N7O3S/c1-13-27-17-5-3-6-18(20(17)28-13)30-22-19-15-11-14(23(31)24-9-4-10-34(2,32)33)7-8-16(15)29-21(19)25-12-26-22/h3,5-6,12,14H,4,7-11H2,1-2H3,(H,24,31)(H,27,28)(H2,25,26,29,30)/t14-/m0/s1. The number of aromatic amines is 2. The van der Waals surface area contributed by atoms with Crippen LogP contribution in [0.4, 0.5) is 11.5 Å². The van der Waals surface area contributed by atoms with E-state index in [0.717, 1.165) is 57.7 Å². The first-order valence-electron chi connectivity index (χ1n) is 11.3. The summed E-state index contributed by atoms with van der Waals surface area (Å²) in [6.07, 6.45) is 5.17. The minimum Gasteiger partial charge on any atom is -0.356 e. The summed E-state index contributed by atoms with van der Waals surface area (Å²) in [5.74, 6) is 1.34. The third-order valence-electron chi connectivity index (χ3n) is 6.22. The summed E-state index contributed by atoms with van der Waals surface area (Å²) in [5, 5.41) is 7.21. The van der Waals surface area contributed by atoms with Gasteiger partial charge in [0, 0.05) is 24.4 Å². The van der Waals surface area contributed by atoms with Gasteiger partial charge in [-0.15, -0.1) is 0 Å². The molecule has 0 bridgehead atoms. The van der Waals surface area contributed by atoms with Crippen molar-refractivity contribution in [2.45, 2.75) is 32.6 Å². The lowest BCUT2D eigenvalue weighted by Crippen LogP contribution is -2.35. The molecule has 10 nitrogen and oxygen atoms in total. The Kier molecular flexibility index (Phi) is 5.72. The molecule has 11 heteroatoms. The third kappa shape index (κ3) is 4.47. The van der Waals surface area contributed by atoms with Crippen LogP contribution >= 0.6 is 0 Å². The number of rotatable bonds is 7. The molecule has 0 spiro atoms. The Morgan fingerprint density at radius 1 is 1.24 bits per heavy atom. The molecule has 0 aliphatic heterocycles. The average Bonchev–Trinajstić information content (AvgIpc) is 3.36. The zero-order valence-electron chi connectivity index (χ0n) is 19.1. The van der Waals surface area contributed by atoms with Crippen molar-refractivity contribution in [2.75, 3.05) is 23.9 Å². The number of H-pyrrole nitrogens is 2. The Morgan fingerprint density at radius 3 is 2.91 bits per heavy atom. The van der Waals surface area contributed by atoms with Crippen LogP contribution in [-0.4, -0.2) is 57.8 Å². The molecule has 1 aromatic carbocycles. The zero-order chi connectivity index (χ0) is 23.9. The van der Waals surface area contributed by atoms with E-state index >= 15 is 0 Å². The van der Waals surface area contributed by atoms with Gasteiger partial charge in [-0.25, -0.2) is 23.4 Å². The van der Waals surface area contributed by atoms with Crippen LogP contribution in [0.15, 0.2) is 24.5 Å². The number of sulfone groups is 1. The molecule has 0 saturated heterocycles. The van der Waals surface area contributed by atoms with E-state index < -0.39 is 9.84 Å². The van der Waals surface area contributed by atoms with Crippen LogP contribution in [0.3, 0.4) is 0 Å². The van der Waals surface area contributed by atoms with E-state index in [2.05, 4.69) is 35.6 Å². The fraction of sp³-hybridized carbons (Fsp3) is 0.391. The summed E-state index contributed by atoms with van der Waals surface area (Å²) in [5.41, 5.74) is 5.48. The number of fused-ring (bicyclic) bond motifs is 4. The molecule has 5 rings (SSSR count). The minimum atomic E-state index is -3.03. The van der Waals surface area contributed by atoms with Gasteiger partial charge in [0.1, 0.15) is 39.0 Å². The van der Waals surface area contributed by atoms with Gasteiger partial charge >= 0.3 is 0 Å². The first-order valence-corrected chi connectivity index (χ1v) is 13.4. The van der Waals surface area contributed by atoms with Crippen molar-refractivity contribution in [3.63, 3.8) is 0 Å². The van der Waals surface area contributed by atoms with Gasteiger partial charge in [0.05, 0.1) is 22.3 Å². The molecule has 4 N–H and O–H groups in total.